The maximum atomic E-state index is 11.8. The van der Waals surface area contributed by atoms with Gasteiger partial charge in [0.15, 0.2) is 0 Å². The van der Waals surface area contributed by atoms with Crippen LogP contribution >= 0.6 is 0 Å². The highest BCUT2D eigenvalue weighted by Gasteiger charge is 2.43. The lowest BCUT2D eigenvalue weighted by molar-refractivity contribution is -0.149. The van der Waals surface area contributed by atoms with Gasteiger partial charge in [-0.05, 0) is 18.9 Å². The normalized spacial score (nSPS) is 25.4. The molecule has 0 radical (unpaired) electrons. The Morgan fingerprint density at radius 2 is 2.07 bits per heavy atom. The zero-order valence-corrected chi connectivity index (χ0v) is 8.29. The van der Waals surface area contributed by atoms with E-state index in [0.29, 0.717) is 12.4 Å². The maximum Gasteiger partial charge on any atom is 0.320 e. The molecule has 0 aromatic carbocycles. The number of aliphatic imine (C=N–C) groups is 1. The van der Waals surface area contributed by atoms with Gasteiger partial charge in [0.2, 0.25) is 5.90 Å². The molecule has 1 saturated carbocycles. The van der Waals surface area contributed by atoms with Gasteiger partial charge in [-0.25, -0.2) is 0 Å². The Morgan fingerprint density at radius 1 is 1.36 bits per heavy atom. The Bertz CT molecular complexity index is 288. The molecule has 1 aliphatic heterocycles. The maximum absolute atomic E-state index is 11.8. The lowest BCUT2D eigenvalue weighted by Gasteiger charge is -2.35. The van der Waals surface area contributed by atoms with E-state index in [0.717, 1.165) is 25.7 Å². The summed E-state index contributed by atoms with van der Waals surface area (Å²) in [4.78, 5) is 16.0. The van der Waals surface area contributed by atoms with Crippen molar-refractivity contribution in [3.63, 3.8) is 0 Å². The van der Waals surface area contributed by atoms with Gasteiger partial charge >= 0.3 is 5.97 Å². The molecule has 14 heavy (non-hydrogen) atoms. The Hall–Kier alpha value is -1.12. The molecular weight excluding hydrogens is 178 g/mol. The number of esters is 1. The van der Waals surface area contributed by atoms with Gasteiger partial charge in [-0.15, -0.1) is 0 Å². The molecule has 2 rings (SSSR count). The highest BCUT2D eigenvalue weighted by atomic mass is 16.5. The Balaban J connectivity index is 2.17. The van der Waals surface area contributed by atoms with Gasteiger partial charge in [0.1, 0.15) is 0 Å². The van der Waals surface area contributed by atoms with Crippen molar-refractivity contribution >= 4 is 11.9 Å². The summed E-state index contributed by atoms with van der Waals surface area (Å²) in [6, 6.07) is 0. The van der Waals surface area contributed by atoms with Crippen LogP contribution in [0.3, 0.4) is 0 Å². The summed E-state index contributed by atoms with van der Waals surface area (Å²) in [5.74, 6) is 0.285. The van der Waals surface area contributed by atoms with Crippen LogP contribution in [0.4, 0.5) is 0 Å². The molecule has 0 atom stereocenters. The summed E-state index contributed by atoms with van der Waals surface area (Å²) in [6.07, 6.45) is 6.82. The smallest absolute Gasteiger partial charge is 0.320 e. The standard InChI is InChI=1S/C11H15NO2/c1-2-9-12-8-11(10(13)14-9)6-4-3-5-7-11/h2H,1,3-8H2. The van der Waals surface area contributed by atoms with E-state index in [1.807, 2.05) is 0 Å². The molecule has 3 nitrogen and oxygen atoms in total. The number of carbonyl (C=O) groups is 1. The summed E-state index contributed by atoms with van der Waals surface area (Å²) in [6.45, 7) is 4.13. The molecule has 1 fully saturated rings. The van der Waals surface area contributed by atoms with Gasteiger partial charge in [-0.1, -0.05) is 25.8 Å². The number of rotatable bonds is 1. The number of ether oxygens (including phenoxy) is 1. The van der Waals surface area contributed by atoms with Crippen LogP contribution in [0.5, 0.6) is 0 Å². The second-order valence-corrected chi connectivity index (χ2v) is 4.09. The fraction of sp³-hybridized carbons (Fsp3) is 0.636. The summed E-state index contributed by atoms with van der Waals surface area (Å²) >= 11 is 0. The molecule has 0 aromatic heterocycles. The first-order valence-electron chi connectivity index (χ1n) is 5.16. The molecular formula is C11H15NO2. The van der Waals surface area contributed by atoms with Gasteiger partial charge in [0, 0.05) is 0 Å². The SMILES string of the molecule is C=CC1=NCC2(CCCCC2)C(=O)O1. The molecule has 1 spiro atoms. The van der Waals surface area contributed by atoms with Crippen LogP contribution in [-0.2, 0) is 9.53 Å². The lowest BCUT2D eigenvalue weighted by Crippen LogP contribution is -2.42. The Morgan fingerprint density at radius 3 is 2.64 bits per heavy atom. The third kappa shape index (κ3) is 1.47. The molecule has 0 saturated heterocycles. The van der Waals surface area contributed by atoms with Crippen molar-refractivity contribution in [1.82, 2.24) is 0 Å². The first-order chi connectivity index (χ1) is 6.77. The average Bonchev–Trinajstić information content (AvgIpc) is 2.24. The highest BCUT2D eigenvalue weighted by molar-refractivity contribution is 5.99. The van der Waals surface area contributed by atoms with Crippen LogP contribution in [0, 0.1) is 5.41 Å². The minimum Gasteiger partial charge on any atom is -0.407 e. The van der Waals surface area contributed by atoms with E-state index in [2.05, 4.69) is 11.6 Å². The van der Waals surface area contributed by atoms with Crippen LogP contribution < -0.4 is 0 Å². The minimum absolute atomic E-state index is 0.0953. The fourth-order valence-corrected chi connectivity index (χ4v) is 2.23. The number of hydrogen-bond donors (Lipinski definition) is 0. The predicted octanol–water partition coefficient (Wildman–Crippen LogP) is 2.08. The second kappa shape index (κ2) is 3.56. The van der Waals surface area contributed by atoms with Gasteiger partial charge in [0.05, 0.1) is 12.0 Å². The van der Waals surface area contributed by atoms with Crippen molar-refractivity contribution in [3.05, 3.63) is 12.7 Å². The van der Waals surface area contributed by atoms with E-state index in [1.165, 1.54) is 12.5 Å². The summed E-state index contributed by atoms with van der Waals surface area (Å²) in [5, 5.41) is 0. The Labute approximate surface area is 83.9 Å². The zero-order valence-electron chi connectivity index (χ0n) is 8.29. The molecule has 2 aliphatic rings. The van der Waals surface area contributed by atoms with Crippen molar-refractivity contribution in [2.24, 2.45) is 10.4 Å². The van der Waals surface area contributed by atoms with E-state index in [-0.39, 0.29) is 11.4 Å². The number of carbonyl (C=O) groups excluding carboxylic acids is 1. The van der Waals surface area contributed by atoms with Crippen LogP contribution in [0.15, 0.2) is 17.6 Å². The molecule has 0 bridgehead atoms. The molecule has 76 valence electrons. The minimum atomic E-state index is -0.301. The van der Waals surface area contributed by atoms with Gasteiger partial charge in [-0.3, -0.25) is 9.79 Å². The highest BCUT2D eigenvalue weighted by Crippen LogP contribution is 2.39. The van der Waals surface area contributed by atoms with Crippen LogP contribution in [0.2, 0.25) is 0 Å². The Kier molecular flexibility index (Phi) is 2.40. The third-order valence-electron chi connectivity index (χ3n) is 3.15. The van der Waals surface area contributed by atoms with Crippen molar-refractivity contribution in [2.45, 2.75) is 32.1 Å². The number of cyclic esters (lactones) is 1. The molecule has 0 unspecified atom stereocenters. The lowest BCUT2D eigenvalue weighted by atomic mass is 9.74. The van der Waals surface area contributed by atoms with Gasteiger partial charge < -0.3 is 4.74 Å². The van der Waals surface area contributed by atoms with Crippen LogP contribution in [0.1, 0.15) is 32.1 Å². The van der Waals surface area contributed by atoms with Gasteiger partial charge in [-0.2, -0.15) is 0 Å². The molecule has 3 heteroatoms. The van der Waals surface area contributed by atoms with Crippen LogP contribution in [-0.4, -0.2) is 18.4 Å². The first kappa shape index (κ1) is 9.44. The van der Waals surface area contributed by atoms with Crippen molar-refractivity contribution in [1.29, 1.82) is 0 Å². The molecule has 0 aromatic rings. The quantitative estimate of drug-likeness (QED) is 0.598. The van der Waals surface area contributed by atoms with E-state index in [1.54, 1.807) is 0 Å². The monoisotopic (exact) mass is 193 g/mol. The van der Waals surface area contributed by atoms with Crippen molar-refractivity contribution < 1.29 is 9.53 Å². The zero-order chi connectivity index (χ0) is 10.0. The van der Waals surface area contributed by atoms with E-state index >= 15 is 0 Å². The van der Waals surface area contributed by atoms with E-state index in [4.69, 9.17) is 4.74 Å². The van der Waals surface area contributed by atoms with Crippen LogP contribution in [0.25, 0.3) is 0 Å². The predicted molar refractivity (Wildman–Crippen MR) is 54.1 cm³/mol. The molecule has 1 heterocycles. The van der Waals surface area contributed by atoms with E-state index < -0.39 is 0 Å². The fourth-order valence-electron chi connectivity index (χ4n) is 2.23. The third-order valence-corrected chi connectivity index (χ3v) is 3.15. The number of hydrogen-bond acceptors (Lipinski definition) is 3. The average molecular weight is 193 g/mol. The first-order valence-corrected chi connectivity index (χ1v) is 5.16. The van der Waals surface area contributed by atoms with Gasteiger partial charge in [0.25, 0.3) is 0 Å². The molecule has 0 amide bonds. The summed E-state index contributed by atoms with van der Waals surface area (Å²) in [7, 11) is 0. The second-order valence-electron chi connectivity index (χ2n) is 4.09. The molecule has 1 aliphatic carbocycles. The van der Waals surface area contributed by atoms with Crippen molar-refractivity contribution in [3.8, 4) is 0 Å². The summed E-state index contributed by atoms with van der Waals surface area (Å²) < 4.78 is 5.12. The van der Waals surface area contributed by atoms with E-state index in [9.17, 15) is 4.79 Å². The molecule has 0 N–H and O–H groups in total. The largest absolute Gasteiger partial charge is 0.407 e. The number of nitrogens with zero attached hydrogens (tertiary/aromatic N) is 1. The summed E-state index contributed by atoms with van der Waals surface area (Å²) in [5.41, 5.74) is -0.301. The topological polar surface area (TPSA) is 38.7 Å². The van der Waals surface area contributed by atoms with Crippen molar-refractivity contribution in [2.75, 3.05) is 6.54 Å².